The van der Waals surface area contributed by atoms with Gasteiger partial charge in [-0.1, -0.05) is 47.8 Å². The Morgan fingerprint density at radius 1 is 1.12 bits per heavy atom. The van der Waals surface area contributed by atoms with E-state index in [1.54, 1.807) is 23.1 Å². The second-order valence-corrected chi connectivity index (χ2v) is 9.61. The summed E-state index contributed by atoms with van der Waals surface area (Å²) in [5.41, 5.74) is 0.417. The average molecular weight is 498 g/mol. The van der Waals surface area contributed by atoms with Gasteiger partial charge >= 0.3 is 0 Å². The Kier molecular flexibility index (Phi) is 7.02. The van der Waals surface area contributed by atoms with Crippen molar-refractivity contribution in [1.82, 2.24) is 4.90 Å². The number of thioether (sulfide) groups is 1. The van der Waals surface area contributed by atoms with E-state index in [0.717, 1.165) is 37.8 Å². The summed E-state index contributed by atoms with van der Waals surface area (Å²) < 4.78 is 26.9. The van der Waals surface area contributed by atoms with Crippen LogP contribution >= 0.6 is 35.0 Å². The summed E-state index contributed by atoms with van der Waals surface area (Å²) in [7, 11) is 0. The molecule has 1 heterocycles. The lowest BCUT2D eigenvalue weighted by atomic mass is 10.2. The number of carbonyl (C=O) groups excluding carboxylic acids is 2. The molecule has 0 radical (unpaired) electrons. The second-order valence-electron chi connectivity index (χ2n) is 7.62. The molecule has 1 aliphatic carbocycles. The van der Waals surface area contributed by atoms with Crippen molar-refractivity contribution >= 4 is 63.3 Å². The van der Waals surface area contributed by atoms with E-state index in [1.807, 2.05) is 0 Å². The molecule has 32 heavy (non-hydrogen) atoms. The highest BCUT2D eigenvalue weighted by molar-refractivity contribution is 8.15. The molecule has 2 fully saturated rings. The molecule has 1 saturated carbocycles. The number of hydrogen-bond donors (Lipinski definition) is 1. The SMILES string of the molecule is O=C(C[C@@H]1SC(=Nc2ccc(Cl)c(Cl)c2)N(C2CCCC2)C1=O)Nc1ccc(F)cc1F. The molecule has 5 nitrogen and oxygen atoms in total. The molecule has 1 N–H and O–H groups in total. The van der Waals surface area contributed by atoms with Crippen LogP contribution in [0.15, 0.2) is 41.4 Å². The Bertz CT molecular complexity index is 1090. The first-order valence-corrected chi connectivity index (χ1v) is 11.7. The number of amides is 2. The van der Waals surface area contributed by atoms with Crippen molar-refractivity contribution in [3.63, 3.8) is 0 Å². The number of hydrogen-bond acceptors (Lipinski definition) is 4. The molecule has 0 spiro atoms. The molecule has 0 aromatic heterocycles. The number of nitrogens with one attached hydrogen (secondary N) is 1. The van der Waals surface area contributed by atoms with Gasteiger partial charge in [0.1, 0.15) is 16.9 Å². The monoisotopic (exact) mass is 497 g/mol. The van der Waals surface area contributed by atoms with Crippen LogP contribution in [-0.4, -0.2) is 33.2 Å². The van der Waals surface area contributed by atoms with Crippen molar-refractivity contribution in [1.29, 1.82) is 0 Å². The third-order valence-corrected chi connectivity index (χ3v) is 7.25. The maximum atomic E-state index is 13.9. The molecule has 1 aliphatic heterocycles. The number of carbonyl (C=O) groups is 2. The number of nitrogens with zero attached hydrogens (tertiary/aromatic N) is 2. The molecule has 2 amide bonds. The Balaban J connectivity index is 1.54. The van der Waals surface area contributed by atoms with E-state index in [9.17, 15) is 18.4 Å². The van der Waals surface area contributed by atoms with Crippen LogP contribution in [0.5, 0.6) is 0 Å². The summed E-state index contributed by atoms with van der Waals surface area (Å²) in [5.74, 6) is -2.35. The summed E-state index contributed by atoms with van der Waals surface area (Å²) in [6.07, 6.45) is 3.62. The minimum Gasteiger partial charge on any atom is -0.324 e. The van der Waals surface area contributed by atoms with Crippen LogP contribution in [0, 0.1) is 11.6 Å². The first kappa shape index (κ1) is 23.0. The minimum absolute atomic E-state index is 0.0270. The molecular weight excluding hydrogens is 479 g/mol. The number of amidine groups is 1. The van der Waals surface area contributed by atoms with Crippen molar-refractivity contribution in [2.24, 2.45) is 4.99 Å². The van der Waals surface area contributed by atoms with Crippen LogP contribution in [0.3, 0.4) is 0 Å². The second kappa shape index (κ2) is 9.77. The molecule has 0 unspecified atom stereocenters. The van der Waals surface area contributed by atoms with Gasteiger partial charge < -0.3 is 5.32 Å². The zero-order chi connectivity index (χ0) is 22.8. The van der Waals surface area contributed by atoms with Gasteiger partial charge in [0.05, 0.1) is 21.4 Å². The largest absolute Gasteiger partial charge is 0.324 e. The number of anilines is 1. The van der Waals surface area contributed by atoms with Crippen molar-refractivity contribution in [3.05, 3.63) is 58.1 Å². The van der Waals surface area contributed by atoms with E-state index >= 15 is 0 Å². The first-order valence-electron chi connectivity index (χ1n) is 10.1. The number of halogens is 4. The minimum atomic E-state index is -0.877. The molecule has 4 rings (SSSR count). The lowest BCUT2D eigenvalue weighted by Gasteiger charge is -2.23. The van der Waals surface area contributed by atoms with Gasteiger partial charge in [-0.15, -0.1) is 0 Å². The lowest BCUT2D eigenvalue weighted by molar-refractivity contribution is -0.129. The van der Waals surface area contributed by atoms with Crippen LogP contribution in [0.1, 0.15) is 32.1 Å². The predicted molar refractivity (Wildman–Crippen MR) is 124 cm³/mol. The van der Waals surface area contributed by atoms with Gasteiger partial charge in [0.25, 0.3) is 0 Å². The third kappa shape index (κ3) is 5.08. The first-order chi connectivity index (χ1) is 15.3. The standard InChI is InChI=1S/C22H19Cl2F2N3O2S/c23-15-7-6-13(10-16(15)24)27-22-29(14-3-1-2-4-14)21(31)19(32-22)11-20(30)28-18-8-5-12(25)9-17(18)26/h5-10,14,19H,1-4,11H2,(H,28,30)/t19-/m0/s1. The summed E-state index contributed by atoms with van der Waals surface area (Å²) in [4.78, 5) is 32.0. The van der Waals surface area contributed by atoms with Gasteiger partial charge in [0.2, 0.25) is 11.8 Å². The fourth-order valence-electron chi connectivity index (χ4n) is 3.82. The van der Waals surface area contributed by atoms with E-state index in [-0.39, 0.29) is 24.1 Å². The van der Waals surface area contributed by atoms with Crippen LogP contribution in [0.25, 0.3) is 0 Å². The van der Waals surface area contributed by atoms with Gasteiger partial charge in [0.15, 0.2) is 5.17 Å². The Hall–Kier alpha value is -2.16. The average Bonchev–Trinajstić information content (AvgIpc) is 3.35. The van der Waals surface area contributed by atoms with Gasteiger partial charge in [0, 0.05) is 18.5 Å². The van der Waals surface area contributed by atoms with E-state index in [2.05, 4.69) is 10.3 Å². The number of rotatable bonds is 5. The highest BCUT2D eigenvalue weighted by Crippen LogP contribution is 2.38. The number of aliphatic imine (C=N–C) groups is 1. The van der Waals surface area contributed by atoms with Crippen molar-refractivity contribution in [3.8, 4) is 0 Å². The topological polar surface area (TPSA) is 61.8 Å². The zero-order valence-corrected chi connectivity index (χ0v) is 19.1. The van der Waals surface area contributed by atoms with Gasteiger partial charge in [-0.2, -0.15) is 0 Å². The highest BCUT2D eigenvalue weighted by atomic mass is 35.5. The number of benzene rings is 2. The Morgan fingerprint density at radius 2 is 1.88 bits per heavy atom. The third-order valence-electron chi connectivity index (χ3n) is 5.36. The van der Waals surface area contributed by atoms with Gasteiger partial charge in [-0.25, -0.2) is 13.8 Å². The predicted octanol–water partition coefficient (Wildman–Crippen LogP) is 6.17. The molecule has 0 bridgehead atoms. The summed E-state index contributed by atoms with van der Waals surface area (Å²) >= 11 is 13.3. The molecule has 2 aromatic carbocycles. The fourth-order valence-corrected chi connectivity index (χ4v) is 5.32. The molecule has 1 atom stereocenters. The smallest absolute Gasteiger partial charge is 0.242 e. The van der Waals surface area contributed by atoms with Crippen LogP contribution in [-0.2, 0) is 9.59 Å². The summed E-state index contributed by atoms with van der Waals surface area (Å²) in [5, 5.41) is 2.98. The van der Waals surface area contributed by atoms with Gasteiger partial charge in [-0.3, -0.25) is 14.5 Å². The van der Waals surface area contributed by atoms with E-state index in [1.165, 1.54) is 11.8 Å². The lowest BCUT2D eigenvalue weighted by Crippen LogP contribution is -2.40. The van der Waals surface area contributed by atoms with Crippen LogP contribution < -0.4 is 5.32 Å². The molecule has 10 heteroatoms. The maximum absolute atomic E-state index is 13.9. The van der Waals surface area contributed by atoms with E-state index in [4.69, 9.17) is 23.2 Å². The Labute approximate surface area is 198 Å². The summed E-state index contributed by atoms with van der Waals surface area (Å²) in [6.45, 7) is 0. The Morgan fingerprint density at radius 3 is 2.56 bits per heavy atom. The highest BCUT2D eigenvalue weighted by Gasteiger charge is 2.43. The van der Waals surface area contributed by atoms with E-state index in [0.29, 0.717) is 27.0 Å². The van der Waals surface area contributed by atoms with Gasteiger partial charge in [-0.05, 0) is 43.2 Å². The quantitative estimate of drug-likeness (QED) is 0.536. The van der Waals surface area contributed by atoms with Crippen molar-refractivity contribution in [2.45, 2.75) is 43.4 Å². The molecule has 2 aromatic rings. The summed E-state index contributed by atoms with van der Waals surface area (Å²) in [6, 6.07) is 7.87. The fraction of sp³-hybridized carbons (Fsp3) is 0.318. The normalized spacial score (nSPS) is 20.4. The molecule has 168 valence electrons. The van der Waals surface area contributed by atoms with Crippen LogP contribution in [0.4, 0.5) is 20.2 Å². The molecule has 1 saturated heterocycles. The van der Waals surface area contributed by atoms with Crippen molar-refractivity contribution in [2.75, 3.05) is 5.32 Å². The molecule has 2 aliphatic rings. The zero-order valence-electron chi connectivity index (χ0n) is 16.8. The molecular formula is C22H19Cl2F2N3O2S. The van der Waals surface area contributed by atoms with Crippen molar-refractivity contribution < 1.29 is 18.4 Å². The van der Waals surface area contributed by atoms with Crippen LogP contribution in [0.2, 0.25) is 10.0 Å². The maximum Gasteiger partial charge on any atom is 0.242 e. The van der Waals surface area contributed by atoms with E-state index < -0.39 is 22.8 Å².